The fourth-order valence-electron chi connectivity index (χ4n) is 3.11. The Labute approximate surface area is 88.8 Å². The summed E-state index contributed by atoms with van der Waals surface area (Å²) in [6.07, 6.45) is 1.26. The molecule has 0 aromatic heterocycles. The Morgan fingerprint density at radius 2 is 2.57 bits per heavy atom. The molecule has 2 fully saturated rings. The number of fused-ring (bicyclic) bond motifs is 1. The third-order valence-electron chi connectivity index (χ3n) is 3.53. The van der Waals surface area contributed by atoms with Crippen LogP contribution in [0.15, 0.2) is 12.1 Å². The van der Waals surface area contributed by atoms with Gasteiger partial charge in [-0.15, -0.1) is 0 Å². The highest BCUT2D eigenvalue weighted by molar-refractivity contribution is 5.20. The molecule has 0 spiro atoms. The Kier molecular flexibility index (Phi) is 1.87. The summed E-state index contributed by atoms with van der Waals surface area (Å²) in [5.74, 6) is 0.457. The summed E-state index contributed by atoms with van der Waals surface area (Å²) in [6.45, 7) is 5.54. The molecule has 0 aromatic carbocycles. The summed E-state index contributed by atoms with van der Waals surface area (Å²) in [4.78, 5) is 2.16. The lowest BCUT2D eigenvalue weighted by Crippen LogP contribution is -2.45. The molecule has 0 bridgehead atoms. The molecule has 0 N–H and O–H groups in total. The van der Waals surface area contributed by atoms with Gasteiger partial charge in [-0.05, 0) is 25.2 Å². The van der Waals surface area contributed by atoms with Crippen LogP contribution in [0.1, 0.15) is 35.9 Å². The van der Waals surface area contributed by atoms with Gasteiger partial charge in [-0.3, -0.25) is 4.90 Å². The van der Waals surface area contributed by atoms with Gasteiger partial charge >= 0.3 is 0 Å². The van der Waals surface area contributed by atoms with Crippen molar-refractivity contribution in [3.63, 3.8) is 0 Å². The van der Waals surface area contributed by atoms with Gasteiger partial charge in [0.1, 0.15) is 6.17 Å². The molecule has 1 nitrogen and oxygen atoms in total. The van der Waals surface area contributed by atoms with E-state index in [1.165, 1.54) is 0 Å². The lowest BCUT2D eigenvalue weighted by Gasteiger charge is -2.35. The van der Waals surface area contributed by atoms with Crippen LogP contribution in [0.4, 0.5) is 4.39 Å². The minimum atomic E-state index is -0.785. The fraction of sp³-hybridized carbons (Fsp3) is 0.833. The molecule has 2 heterocycles. The van der Waals surface area contributed by atoms with Crippen molar-refractivity contribution in [2.24, 2.45) is 5.92 Å². The monoisotopic (exact) mass is 199 g/mol. The molecule has 0 saturated carbocycles. The van der Waals surface area contributed by atoms with Crippen LogP contribution < -0.4 is 0 Å². The van der Waals surface area contributed by atoms with E-state index in [-0.39, 0.29) is 6.53 Å². The fourth-order valence-corrected chi connectivity index (χ4v) is 3.11. The van der Waals surface area contributed by atoms with Crippen LogP contribution in [-0.2, 0) is 0 Å². The van der Waals surface area contributed by atoms with E-state index < -0.39 is 11.7 Å². The zero-order chi connectivity index (χ0) is 11.9. The zero-order valence-electron chi connectivity index (χ0n) is 11.0. The average Bonchev–Trinajstić information content (AvgIpc) is 2.64. The number of hydrogen-bond donors (Lipinski definition) is 0. The van der Waals surface area contributed by atoms with Crippen molar-refractivity contribution in [3.8, 4) is 0 Å². The summed E-state index contributed by atoms with van der Waals surface area (Å²) in [5, 5.41) is 0. The predicted molar refractivity (Wildman–Crippen MR) is 57.0 cm³/mol. The number of hydrogen-bond acceptors (Lipinski definition) is 1. The van der Waals surface area contributed by atoms with E-state index in [9.17, 15) is 4.39 Å². The van der Waals surface area contributed by atoms with E-state index in [0.29, 0.717) is 25.3 Å². The number of halogens is 1. The van der Waals surface area contributed by atoms with Gasteiger partial charge in [0.25, 0.3) is 0 Å². The van der Waals surface area contributed by atoms with Gasteiger partial charge < -0.3 is 0 Å². The molecule has 14 heavy (non-hydrogen) atoms. The number of alkyl halides is 1. The lowest BCUT2D eigenvalue weighted by molar-refractivity contribution is 0.0937. The van der Waals surface area contributed by atoms with Crippen LogP contribution in [0.3, 0.4) is 0 Å². The number of nitrogens with zero attached hydrogens (tertiary/aromatic N) is 1. The van der Waals surface area contributed by atoms with Gasteiger partial charge in [-0.1, -0.05) is 26.0 Å². The minimum absolute atomic E-state index is 0.107. The maximum absolute atomic E-state index is 14.1. The van der Waals surface area contributed by atoms with E-state index in [2.05, 4.69) is 18.7 Å². The molecule has 2 atom stereocenters. The quantitative estimate of drug-likeness (QED) is 0.618. The Morgan fingerprint density at radius 3 is 3.21 bits per heavy atom. The van der Waals surface area contributed by atoms with Gasteiger partial charge in [0.15, 0.2) is 0 Å². The van der Waals surface area contributed by atoms with Crippen molar-refractivity contribution < 1.29 is 7.13 Å². The minimum Gasteiger partial charge on any atom is -0.290 e. The number of rotatable bonds is 2. The molecule has 0 amide bonds. The highest BCUT2D eigenvalue weighted by Crippen LogP contribution is 2.46. The SMILES string of the molecule is [2H]C([2H])=C1CN2CC[C@@H](F)[C@@]2(CC(C)C)C1. The second-order valence-electron chi connectivity index (χ2n) is 5.16. The van der Waals surface area contributed by atoms with E-state index in [4.69, 9.17) is 2.74 Å². The van der Waals surface area contributed by atoms with Crippen LogP contribution in [0.25, 0.3) is 0 Å². The Hall–Kier alpha value is -0.370. The molecule has 0 radical (unpaired) electrons. The van der Waals surface area contributed by atoms with Crippen molar-refractivity contribution in [3.05, 3.63) is 12.1 Å². The van der Waals surface area contributed by atoms with Crippen LogP contribution in [0.5, 0.6) is 0 Å². The first-order chi connectivity index (χ1) is 7.45. The zero-order valence-corrected chi connectivity index (χ0v) is 9.02. The average molecular weight is 199 g/mol. The normalized spacial score (nSPS) is 40.0. The second kappa shape index (κ2) is 3.34. The summed E-state index contributed by atoms with van der Waals surface area (Å²) < 4.78 is 28.9. The Morgan fingerprint density at radius 1 is 1.79 bits per heavy atom. The molecular formula is C12H20FN. The molecule has 0 aromatic rings. The van der Waals surface area contributed by atoms with Gasteiger partial charge in [-0.25, -0.2) is 4.39 Å². The second-order valence-corrected chi connectivity index (χ2v) is 5.16. The molecule has 0 aliphatic carbocycles. The Balaban J connectivity index is 2.27. The highest BCUT2D eigenvalue weighted by atomic mass is 19.1. The van der Waals surface area contributed by atoms with Crippen molar-refractivity contribution in [2.45, 2.75) is 44.8 Å². The van der Waals surface area contributed by atoms with Crippen molar-refractivity contribution in [2.75, 3.05) is 13.1 Å². The van der Waals surface area contributed by atoms with Crippen molar-refractivity contribution >= 4 is 0 Å². The Bertz CT molecular complexity index is 312. The summed E-state index contributed by atoms with van der Waals surface area (Å²) in [6, 6.07) is 0. The predicted octanol–water partition coefficient (Wildman–Crippen LogP) is 2.78. The maximum Gasteiger partial charge on any atom is 0.120 e. The van der Waals surface area contributed by atoms with E-state index in [1.54, 1.807) is 0 Å². The molecular weight excluding hydrogens is 177 g/mol. The largest absolute Gasteiger partial charge is 0.290 e. The van der Waals surface area contributed by atoms with Gasteiger partial charge in [0, 0.05) is 13.1 Å². The third kappa shape index (κ3) is 1.40. The first-order valence-corrected chi connectivity index (χ1v) is 5.50. The smallest absolute Gasteiger partial charge is 0.120 e. The topological polar surface area (TPSA) is 3.24 Å². The highest BCUT2D eigenvalue weighted by Gasteiger charge is 2.52. The molecule has 2 aliphatic heterocycles. The lowest BCUT2D eigenvalue weighted by atomic mass is 9.83. The van der Waals surface area contributed by atoms with Crippen molar-refractivity contribution in [1.82, 2.24) is 4.90 Å². The van der Waals surface area contributed by atoms with Gasteiger partial charge in [-0.2, -0.15) is 0 Å². The molecule has 2 heteroatoms. The van der Waals surface area contributed by atoms with E-state index >= 15 is 0 Å². The summed E-state index contributed by atoms with van der Waals surface area (Å²) in [7, 11) is 0. The van der Waals surface area contributed by atoms with Gasteiger partial charge in [0.05, 0.1) is 8.28 Å². The molecule has 2 aliphatic rings. The molecule has 0 unspecified atom stereocenters. The first-order valence-electron chi connectivity index (χ1n) is 6.50. The molecule has 2 rings (SSSR count). The van der Waals surface area contributed by atoms with E-state index in [0.717, 1.165) is 18.5 Å². The summed E-state index contributed by atoms with van der Waals surface area (Å²) in [5.41, 5.74) is 0.416. The molecule has 2 saturated heterocycles. The van der Waals surface area contributed by atoms with Crippen molar-refractivity contribution in [1.29, 1.82) is 0 Å². The van der Waals surface area contributed by atoms with E-state index in [1.807, 2.05) is 0 Å². The molecule has 80 valence electrons. The van der Waals surface area contributed by atoms with Crippen LogP contribution in [0.2, 0.25) is 0 Å². The van der Waals surface area contributed by atoms with Crippen LogP contribution in [-0.4, -0.2) is 29.7 Å². The maximum atomic E-state index is 14.1. The summed E-state index contributed by atoms with van der Waals surface area (Å²) >= 11 is 0. The third-order valence-corrected chi connectivity index (χ3v) is 3.53. The standard InChI is InChI=1S/C12H20FN/c1-9(2)6-12-7-10(3)8-14(12)5-4-11(12)13/h9,11H,3-8H2,1-2H3/t11-,12-/m1/s1/i3D2. The first kappa shape index (κ1) is 7.86. The van der Waals surface area contributed by atoms with Gasteiger partial charge in [0.2, 0.25) is 0 Å². The van der Waals surface area contributed by atoms with Crippen LogP contribution in [0, 0.1) is 5.92 Å². The van der Waals surface area contributed by atoms with Crippen LogP contribution >= 0.6 is 0 Å².